The van der Waals surface area contributed by atoms with Crippen LogP contribution in [0.4, 0.5) is 4.39 Å². The van der Waals surface area contributed by atoms with Gasteiger partial charge in [-0.3, -0.25) is 9.48 Å². The van der Waals surface area contributed by atoms with Gasteiger partial charge in [-0.05, 0) is 95.1 Å². The van der Waals surface area contributed by atoms with E-state index in [0.717, 1.165) is 89.7 Å². The molecule has 3 heterocycles. The molecule has 2 aliphatic heterocycles. The first kappa shape index (κ1) is 29.2. The third kappa shape index (κ3) is 5.74. The van der Waals surface area contributed by atoms with Crippen LogP contribution in [0, 0.1) is 24.1 Å². The highest BCUT2D eigenvalue weighted by molar-refractivity contribution is 5.75. The minimum absolute atomic E-state index is 0.188. The van der Waals surface area contributed by atoms with Gasteiger partial charge in [-0.1, -0.05) is 38.3 Å². The number of nitrogens with zero attached hydrogens (tertiary/aromatic N) is 4. The number of halogens is 1. The van der Waals surface area contributed by atoms with E-state index < -0.39 is 11.4 Å². The lowest BCUT2D eigenvalue weighted by molar-refractivity contribution is -0.152. The zero-order valence-electron chi connectivity index (χ0n) is 25.0. The van der Waals surface area contributed by atoms with E-state index in [1.54, 1.807) is 6.07 Å². The van der Waals surface area contributed by atoms with E-state index >= 15 is 0 Å². The van der Waals surface area contributed by atoms with Crippen LogP contribution in [-0.2, 0) is 17.8 Å². The third-order valence-corrected chi connectivity index (χ3v) is 10.6. The Balaban J connectivity index is 1.32. The number of aliphatic carboxylic acids is 1. The Bertz CT molecular complexity index is 1170. The fourth-order valence-electron chi connectivity index (χ4n) is 8.28. The maximum atomic E-state index is 14.4. The monoisotopic (exact) mass is 552 g/mol. The first-order valence-corrected chi connectivity index (χ1v) is 15.8. The normalized spacial score (nSPS) is 25.3. The first-order chi connectivity index (χ1) is 19.3. The molecule has 0 bridgehead atoms. The largest absolute Gasteiger partial charge is 0.481 e. The molecule has 0 radical (unpaired) electrons. The average molecular weight is 553 g/mol. The molecule has 1 aromatic heterocycles. The predicted molar refractivity (Wildman–Crippen MR) is 157 cm³/mol. The van der Waals surface area contributed by atoms with Crippen molar-refractivity contribution in [3.05, 3.63) is 52.6 Å². The van der Waals surface area contributed by atoms with Crippen molar-refractivity contribution in [2.24, 2.45) is 11.3 Å². The number of rotatable bonds is 9. The quantitative estimate of drug-likeness (QED) is 0.400. The number of carboxylic acids is 1. The summed E-state index contributed by atoms with van der Waals surface area (Å²) >= 11 is 0. The molecule has 2 aromatic rings. The van der Waals surface area contributed by atoms with Gasteiger partial charge in [0, 0.05) is 49.8 Å². The van der Waals surface area contributed by atoms with Gasteiger partial charge in [0.15, 0.2) is 0 Å². The number of aromatic nitrogens is 2. The summed E-state index contributed by atoms with van der Waals surface area (Å²) in [5.41, 5.74) is 4.45. The van der Waals surface area contributed by atoms with Crippen LogP contribution in [0.3, 0.4) is 0 Å². The van der Waals surface area contributed by atoms with Crippen LogP contribution in [0.2, 0.25) is 0 Å². The second-order valence-electron chi connectivity index (χ2n) is 12.8. The summed E-state index contributed by atoms with van der Waals surface area (Å²) in [6.45, 7) is 14.3. The van der Waals surface area contributed by atoms with Crippen molar-refractivity contribution in [1.29, 1.82) is 0 Å². The van der Waals surface area contributed by atoms with Gasteiger partial charge < -0.3 is 14.9 Å². The molecule has 0 unspecified atom stereocenters. The van der Waals surface area contributed by atoms with Crippen molar-refractivity contribution in [1.82, 2.24) is 19.6 Å². The molecule has 1 N–H and O–H groups in total. The molecule has 3 aliphatic rings. The van der Waals surface area contributed by atoms with E-state index in [4.69, 9.17) is 5.10 Å². The zero-order chi connectivity index (χ0) is 28.4. The van der Waals surface area contributed by atoms with Gasteiger partial charge in [0.25, 0.3) is 0 Å². The molecule has 6 nitrogen and oxygen atoms in total. The Hall–Kier alpha value is -2.25. The Morgan fingerprint density at radius 2 is 1.88 bits per heavy atom. The van der Waals surface area contributed by atoms with Gasteiger partial charge >= 0.3 is 5.97 Å². The molecule has 1 aliphatic carbocycles. The van der Waals surface area contributed by atoms with Crippen molar-refractivity contribution in [3.63, 3.8) is 0 Å². The lowest BCUT2D eigenvalue weighted by Gasteiger charge is -2.40. The molecule has 1 saturated carbocycles. The second-order valence-corrected chi connectivity index (χ2v) is 12.8. The van der Waals surface area contributed by atoms with Crippen LogP contribution in [0.5, 0.6) is 0 Å². The summed E-state index contributed by atoms with van der Waals surface area (Å²) < 4.78 is 16.6. The van der Waals surface area contributed by atoms with E-state index in [1.165, 1.54) is 23.0 Å². The Kier molecular flexibility index (Phi) is 9.01. The summed E-state index contributed by atoms with van der Waals surface area (Å²) in [5.74, 6) is 0.251. The summed E-state index contributed by atoms with van der Waals surface area (Å²) in [4.78, 5) is 17.5. The third-order valence-electron chi connectivity index (χ3n) is 10.6. The molecule has 0 amide bonds. The van der Waals surface area contributed by atoms with Crippen molar-refractivity contribution >= 4 is 5.97 Å². The molecular weight excluding hydrogens is 503 g/mol. The van der Waals surface area contributed by atoms with Crippen LogP contribution in [0.1, 0.15) is 100 Å². The smallest absolute Gasteiger partial charge is 0.310 e. The molecular formula is C33H49FN4O2. The second kappa shape index (κ2) is 12.3. The van der Waals surface area contributed by atoms with E-state index in [9.17, 15) is 14.3 Å². The molecule has 5 rings (SSSR count). The number of carbonyl (C=O) groups is 1. The Labute approximate surface area is 239 Å². The number of benzene rings is 1. The standard InChI is InChI=1S/C33H49FN4O2/c1-5-30-23(3)31(38(6-2)35-30)25-13-17-37(18-14-25)24(4)28-20-36(21-29(28)26-11-10-12-27(34)19-26)22-33(32(39)40)15-8-7-9-16-33/h10-12,19,24-25,28-29H,5-9,13-18,20-22H2,1-4H3,(H,39,40)/t24-,28-,29-/m1/s1. The minimum Gasteiger partial charge on any atom is -0.481 e. The highest BCUT2D eigenvalue weighted by atomic mass is 19.1. The van der Waals surface area contributed by atoms with E-state index in [0.29, 0.717) is 24.4 Å². The molecule has 3 atom stereocenters. The average Bonchev–Trinajstić information content (AvgIpc) is 3.53. The maximum absolute atomic E-state index is 14.4. The van der Waals surface area contributed by atoms with Crippen LogP contribution >= 0.6 is 0 Å². The van der Waals surface area contributed by atoms with Gasteiger partial charge in [-0.25, -0.2) is 4.39 Å². The van der Waals surface area contributed by atoms with Crippen LogP contribution in [0.25, 0.3) is 0 Å². The van der Waals surface area contributed by atoms with E-state index in [2.05, 4.69) is 48.2 Å². The van der Waals surface area contributed by atoms with E-state index in [1.807, 2.05) is 6.07 Å². The van der Waals surface area contributed by atoms with Gasteiger partial charge in [-0.15, -0.1) is 0 Å². The SMILES string of the molecule is CCc1nn(CC)c(C2CCN([C@H](C)[C@H]3CN(CC4(C(=O)O)CCCCC4)C[C@@H]3c3cccc(F)c3)CC2)c1C. The topological polar surface area (TPSA) is 61.6 Å². The Morgan fingerprint density at radius 1 is 1.15 bits per heavy atom. The minimum atomic E-state index is -0.640. The van der Waals surface area contributed by atoms with Gasteiger partial charge in [0.2, 0.25) is 0 Å². The molecule has 1 aromatic carbocycles. The number of hydrogen-bond acceptors (Lipinski definition) is 4. The zero-order valence-corrected chi connectivity index (χ0v) is 25.0. The number of carboxylic acid groups (broad SMARTS) is 1. The summed E-state index contributed by atoms with van der Waals surface area (Å²) in [6, 6.07) is 7.46. The number of hydrogen-bond donors (Lipinski definition) is 1. The number of piperidine rings is 1. The summed E-state index contributed by atoms with van der Waals surface area (Å²) in [6.07, 6.45) is 7.90. The van der Waals surface area contributed by atoms with Crippen molar-refractivity contribution in [3.8, 4) is 0 Å². The fraction of sp³-hybridized carbons (Fsp3) is 0.697. The molecule has 0 spiro atoms. The van der Waals surface area contributed by atoms with Crippen LogP contribution in [-0.4, -0.2) is 69.4 Å². The van der Waals surface area contributed by atoms with Crippen molar-refractivity contribution in [2.45, 2.75) is 103 Å². The van der Waals surface area contributed by atoms with Crippen molar-refractivity contribution in [2.75, 3.05) is 32.7 Å². The maximum Gasteiger partial charge on any atom is 0.310 e. The molecule has 40 heavy (non-hydrogen) atoms. The first-order valence-electron chi connectivity index (χ1n) is 15.8. The lowest BCUT2D eigenvalue weighted by Crippen LogP contribution is -2.46. The van der Waals surface area contributed by atoms with Gasteiger partial charge in [0.1, 0.15) is 5.82 Å². The Morgan fingerprint density at radius 3 is 2.50 bits per heavy atom. The molecule has 2 saturated heterocycles. The van der Waals surface area contributed by atoms with Gasteiger partial charge in [-0.2, -0.15) is 5.10 Å². The highest BCUT2D eigenvalue weighted by Gasteiger charge is 2.46. The summed E-state index contributed by atoms with van der Waals surface area (Å²) in [7, 11) is 0. The highest BCUT2D eigenvalue weighted by Crippen LogP contribution is 2.43. The van der Waals surface area contributed by atoms with Gasteiger partial charge in [0.05, 0.1) is 11.1 Å². The molecule has 220 valence electrons. The van der Waals surface area contributed by atoms with Crippen LogP contribution < -0.4 is 0 Å². The van der Waals surface area contributed by atoms with Crippen molar-refractivity contribution < 1.29 is 14.3 Å². The summed E-state index contributed by atoms with van der Waals surface area (Å²) in [5, 5.41) is 15.1. The van der Waals surface area contributed by atoms with Crippen LogP contribution in [0.15, 0.2) is 24.3 Å². The van der Waals surface area contributed by atoms with E-state index in [-0.39, 0.29) is 11.7 Å². The molecule has 7 heteroatoms. The fourth-order valence-corrected chi connectivity index (χ4v) is 8.28. The number of likely N-dealkylation sites (tertiary alicyclic amines) is 2. The lowest BCUT2D eigenvalue weighted by atomic mass is 9.73. The number of aryl methyl sites for hydroxylation is 2. The predicted octanol–water partition coefficient (Wildman–Crippen LogP) is 6.23. The molecule has 3 fully saturated rings.